The van der Waals surface area contributed by atoms with E-state index in [1.54, 1.807) is 6.07 Å². The molecule has 0 spiro atoms. The van der Waals surface area contributed by atoms with Crippen LogP contribution in [0.25, 0.3) is 11.1 Å². The third-order valence-corrected chi connectivity index (χ3v) is 2.11. The zero-order chi connectivity index (χ0) is 9.80. The highest BCUT2D eigenvalue weighted by Gasteiger charge is 2.01. The summed E-state index contributed by atoms with van der Waals surface area (Å²) in [5.74, 6) is 0. The molecule has 67 valence electrons. The van der Waals surface area contributed by atoms with Gasteiger partial charge in [-0.25, -0.2) is 0 Å². The summed E-state index contributed by atoms with van der Waals surface area (Å²) in [4.78, 5) is 10.8. The second kappa shape index (κ2) is 3.88. The van der Waals surface area contributed by atoms with E-state index < -0.39 is 0 Å². The first kappa shape index (κ1) is 8.70. The highest BCUT2D eigenvalue weighted by molar-refractivity contribution is 5.87. The van der Waals surface area contributed by atoms with Crippen LogP contribution in [0.5, 0.6) is 0 Å². The van der Waals surface area contributed by atoms with Gasteiger partial charge in [0.25, 0.3) is 0 Å². The molecule has 1 radical (unpaired) electrons. The van der Waals surface area contributed by atoms with E-state index in [4.69, 9.17) is 0 Å². The van der Waals surface area contributed by atoms with Crippen molar-refractivity contribution >= 4 is 6.29 Å². The van der Waals surface area contributed by atoms with Gasteiger partial charge in [-0.3, -0.25) is 4.79 Å². The molecule has 0 unspecified atom stereocenters. The zero-order valence-corrected chi connectivity index (χ0v) is 7.60. The van der Waals surface area contributed by atoms with Crippen LogP contribution in [-0.2, 0) is 0 Å². The maximum Gasteiger partial charge on any atom is 0.150 e. The van der Waals surface area contributed by atoms with Gasteiger partial charge in [0.05, 0.1) is 0 Å². The van der Waals surface area contributed by atoms with E-state index in [0.29, 0.717) is 5.56 Å². The highest BCUT2D eigenvalue weighted by Crippen LogP contribution is 2.21. The molecule has 0 N–H and O–H groups in total. The Morgan fingerprint density at radius 1 is 1.07 bits per heavy atom. The lowest BCUT2D eigenvalue weighted by atomic mass is 10.0. The molecule has 0 heterocycles. The van der Waals surface area contributed by atoms with E-state index in [1.165, 1.54) is 0 Å². The van der Waals surface area contributed by atoms with Crippen LogP contribution in [0.3, 0.4) is 0 Å². The van der Waals surface area contributed by atoms with Gasteiger partial charge in [0.15, 0.2) is 6.29 Å². The summed E-state index contributed by atoms with van der Waals surface area (Å²) >= 11 is 0. The molecule has 2 aromatic carbocycles. The van der Waals surface area contributed by atoms with Gasteiger partial charge in [0.2, 0.25) is 0 Å². The molecule has 0 amide bonds. The normalized spacial score (nSPS) is 9.71. The predicted molar refractivity (Wildman–Crippen MR) is 56.1 cm³/mol. The fourth-order valence-corrected chi connectivity index (χ4v) is 1.42. The van der Waals surface area contributed by atoms with Crippen molar-refractivity contribution in [1.29, 1.82) is 0 Å². The maximum absolute atomic E-state index is 10.8. The lowest BCUT2D eigenvalue weighted by Crippen LogP contribution is -1.85. The van der Waals surface area contributed by atoms with Gasteiger partial charge in [-0.05, 0) is 23.3 Å². The minimum Gasteiger partial charge on any atom is -0.298 e. The van der Waals surface area contributed by atoms with Crippen LogP contribution in [0, 0.1) is 6.07 Å². The van der Waals surface area contributed by atoms with Crippen LogP contribution in [0.1, 0.15) is 10.4 Å². The Kier molecular flexibility index (Phi) is 2.41. The molecule has 1 nitrogen and oxygen atoms in total. The first-order valence-corrected chi connectivity index (χ1v) is 4.42. The van der Waals surface area contributed by atoms with Gasteiger partial charge in [0, 0.05) is 5.56 Å². The lowest BCUT2D eigenvalue weighted by Gasteiger charge is -2.03. The van der Waals surface area contributed by atoms with Gasteiger partial charge in [0.1, 0.15) is 0 Å². The van der Waals surface area contributed by atoms with Crippen molar-refractivity contribution in [3.05, 3.63) is 60.2 Å². The van der Waals surface area contributed by atoms with E-state index in [2.05, 4.69) is 6.07 Å². The van der Waals surface area contributed by atoms with Crippen LogP contribution < -0.4 is 0 Å². The van der Waals surface area contributed by atoms with Crippen LogP contribution in [0.2, 0.25) is 0 Å². The molecular weight excluding hydrogens is 172 g/mol. The fourth-order valence-electron chi connectivity index (χ4n) is 1.42. The first-order valence-electron chi connectivity index (χ1n) is 4.42. The molecule has 2 rings (SSSR count). The Hall–Kier alpha value is -1.89. The maximum atomic E-state index is 10.8. The molecule has 0 saturated heterocycles. The van der Waals surface area contributed by atoms with Crippen molar-refractivity contribution in [2.24, 2.45) is 0 Å². The smallest absolute Gasteiger partial charge is 0.150 e. The first-order chi connectivity index (χ1) is 6.92. The van der Waals surface area contributed by atoms with E-state index >= 15 is 0 Å². The van der Waals surface area contributed by atoms with Crippen molar-refractivity contribution in [1.82, 2.24) is 0 Å². The number of rotatable bonds is 2. The SMILES string of the molecule is O=Cc1c[c]ccc1-c1ccccc1. The molecule has 1 heteroatoms. The van der Waals surface area contributed by atoms with Crippen molar-refractivity contribution < 1.29 is 4.79 Å². The third-order valence-electron chi connectivity index (χ3n) is 2.11. The Morgan fingerprint density at radius 2 is 1.86 bits per heavy atom. The number of carbonyl (C=O) groups excluding carboxylic acids is 1. The Morgan fingerprint density at radius 3 is 2.57 bits per heavy atom. The average molecular weight is 181 g/mol. The van der Waals surface area contributed by atoms with Gasteiger partial charge in [-0.1, -0.05) is 42.5 Å². The minimum atomic E-state index is 0.679. The Labute approximate surface area is 83.0 Å². The number of carbonyl (C=O) groups is 1. The molecule has 0 atom stereocenters. The quantitative estimate of drug-likeness (QED) is 0.651. The molecule has 0 bridgehead atoms. The summed E-state index contributed by atoms with van der Waals surface area (Å²) in [5, 5.41) is 0. The number of hydrogen-bond donors (Lipinski definition) is 0. The zero-order valence-electron chi connectivity index (χ0n) is 7.60. The second-order valence-corrected chi connectivity index (χ2v) is 3.00. The summed E-state index contributed by atoms with van der Waals surface area (Å²) in [6.07, 6.45) is 0.860. The Bertz CT molecular complexity index is 432. The van der Waals surface area contributed by atoms with E-state index in [9.17, 15) is 4.79 Å². The fraction of sp³-hybridized carbons (Fsp3) is 0. The van der Waals surface area contributed by atoms with Crippen LogP contribution in [0.4, 0.5) is 0 Å². The van der Waals surface area contributed by atoms with Crippen molar-refractivity contribution in [2.75, 3.05) is 0 Å². The van der Waals surface area contributed by atoms with Gasteiger partial charge < -0.3 is 0 Å². The summed E-state index contributed by atoms with van der Waals surface area (Å²) in [7, 11) is 0. The van der Waals surface area contributed by atoms with Gasteiger partial charge in [-0.15, -0.1) is 0 Å². The van der Waals surface area contributed by atoms with E-state index in [1.807, 2.05) is 42.5 Å². The summed E-state index contributed by atoms with van der Waals surface area (Å²) < 4.78 is 0. The number of aldehydes is 1. The summed E-state index contributed by atoms with van der Waals surface area (Å²) in [6, 6.07) is 18.2. The van der Waals surface area contributed by atoms with Crippen LogP contribution in [-0.4, -0.2) is 6.29 Å². The van der Waals surface area contributed by atoms with E-state index in [-0.39, 0.29) is 0 Å². The molecule has 0 fully saturated rings. The largest absolute Gasteiger partial charge is 0.298 e. The van der Waals surface area contributed by atoms with Crippen LogP contribution in [0.15, 0.2) is 48.5 Å². The van der Waals surface area contributed by atoms with Crippen molar-refractivity contribution in [3.63, 3.8) is 0 Å². The van der Waals surface area contributed by atoms with Crippen molar-refractivity contribution in [3.8, 4) is 11.1 Å². The standard InChI is InChI=1S/C13H9O/c14-10-12-8-4-5-9-13(12)11-6-2-1-3-7-11/h1-3,5-10H. The molecule has 0 aliphatic heterocycles. The molecule has 0 saturated carbocycles. The monoisotopic (exact) mass is 181 g/mol. The summed E-state index contributed by atoms with van der Waals surface area (Å²) in [6.45, 7) is 0. The molecule has 0 aromatic heterocycles. The molecule has 0 aliphatic carbocycles. The minimum absolute atomic E-state index is 0.679. The third kappa shape index (κ3) is 1.57. The molecule has 0 aliphatic rings. The van der Waals surface area contributed by atoms with Gasteiger partial charge in [-0.2, -0.15) is 0 Å². The number of benzene rings is 2. The molecule has 14 heavy (non-hydrogen) atoms. The predicted octanol–water partition coefficient (Wildman–Crippen LogP) is 2.97. The van der Waals surface area contributed by atoms with Gasteiger partial charge >= 0.3 is 0 Å². The molecular formula is C13H9O. The average Bonchev–Trinajstić information content (AvgIpc) is 2.30. The summed E-state index contributed by atoms with van der Waals surface area (Å²) in [5.41, 5.74) is 2.70. The highest BCUT2D eigenvalue weighted by atomic mass is 16.1. The Balaban J connectivity index is 2.57. The number of hydrogen-bond acceptors (Lipinski definition) is 1. The van der Waals surface area contributed by atoms with E-state index in [0.717, 1.165) is 17.4 Å². The second-order valence-electron chi connectivity index (χ2n) is 3.00. The van der Waals surface area contributed by atoms with Crippen molar-refractivity contribution in [2.45, 2.75) is 0 Å². The lowest BCUT2D eigenvalue weighted by molar-refractivity contribution is 0.112. The topological polar surface area (TPSA) is 17.1 Å². The van der Waals surface area contributed by atoms with Crippen LogP contribution >= 0.6 is 0 Å². The molecule has 2 aromatic rings.